The fraction of sp³-hybridized carbons (Fsp3) is 0.533. The van der Waals surface area contributed by atoms with Gasteiger partial charge >= 0.3 is 6.18 Å². The van der Waals surface area contributed by atoms with E-state index in [9.17, 15) is 31.5 Å². The highest BCUT2D eigenvalue weighted by Crippen LogP contribution is 2.40. The van der Waals surface area contributed by atoms with E-state index in [1.54, 1.807) is 6.20 Å². The van der Waals surface area contributed by atoms with Crippen LogP contribution in [0.5, 0.6) is 0 Å². The molecule has 5 rings (SSSR count). The van der Waals surface area contributed by atoms with Gasteiger partial charge in [0.15, 0.2) is 10.8 Å². The van der Waals surface area contributed by atoms with E-state index in [-0.39, 0.29) is 61.3 Å². The molecule has 238 valence electrons. The first-order chi connectivity index (χ1) is 20.9. The number of rotatable bonds is 10. The van der Waals surface area contributed by atoms with Crippen LogP contribution in [0, 0.1) is 6.92 Å². The van der Waals surface area contributed by atoms with E-state index < -0.39 is 29.6 Å². The van der Waals surface area contributed by atoms with Crippen molar-refractivity contribution in [2.45, 2.75) is 82.5 Å². The molecule has 14 heteroatoms. The van der Waals surface area contributed by atoms with Gasteiger partial charge in [0.25, 0.3) is 11.8 Å². The van der Waals surface area contributed by atoms with Gasteiger partial charge in [0.2, 0.25) is 5.91 Å². The lowest BCUT2D eigenvalue weighted by Crippen LogP contribution is -2.43. The van der Waals surface area contributed by atoms with Crippen LogP contribution in [0.3, 0.4) is 0 Å². The van der Waals surface area contributed by atoms with Gasteiger partial charge in [-0.05, 0) is 38.3 Å². The average Bonchev–Trinajstić information content (AvgIpc) is 3.73. The van der Waals surface area contributed by atoms with Crippen LogP contribution in [-0.2, 0) is 11.0 Å². The molecule has 1 aromatic carbocycles. The Labute approximate surface area is 256 Å². The molecule has 1 aliphatic heterocycles. The Hall–Kier alpha value is -3.39. The molecule has 2 N–H and O–H groups in total. The molecule has 1 atom stereocenters. The van der Waals surface area contributed by atoms with Crippen molar-refractivity contribution in [2.24, 2.45) is 0 Å². The largest absolute Gasteiger partial charge is 0.417 e. The second kappa shape index (κ2) is 13.3. The molecular formula is C30H35F5N6O2S. The second-order valence-electron chi connectivity index (χ2n) is 11.5. The summed E-state index contributed by atoms with van der Waals surface area (Å²) in [7, 11) is 0. The molecule has 2 aliphatic rings. The minimum Gasteiger partial charge on any atom is -0.347 e. The number of aromatic nitrogens is 3. The maximum absolute atomic E-state index is 13.9. The SMILES string of the molecule is Cc1cnc(NC(=O)C[C@H](CCN2CCC(F)(F)CC2)NC(=O)c2cc(-c3ccccc3C(F)(F)F)n(C3CCCC3)n2)s1. The van der Waals surface area contributed by atoms with Crippen LogP contribution in [0.15, 0.2) is 36.5 Å². The summed E-state index contributed by atoms with van der Waals surface area (Å²) in [5.74, 6) is -3.71. The standard InChI is InChI=1S/C30H35F5N6O2S/c1-19-18-36-28(44-19)38-26(42)16-20(10-13-40-14-11-29(31,32)12-15-40)37-27(43)24-17-25(41(39-24)21-6-2-3-7-21)22-8-4-5-9-23(22)30(33,34)35/h4-5,8-9,17-18,20-21H,2-3,6-7,10-16H2,1H3,(H,37,43)(H,36,38,42)/t20-/m0/s1. The van der Waals surface area contributed by atoms with Crippen molar-refractivity contribution in [3.05, 3.63) is 52.7 Å². The summed E-state index contributed by atoms with van der Waals surface area (Å²) in [6.07, 6.45) is -0.0119. The lowest BCUT2D eigenvalue weighted by molar-refractivity contribution is -0.137. The van der Waals surface area contributed by atoms with Crippen LogP contribution in [0.2, 0.25) is 0 Å². The minimum atomic E-state index is -4.60. The molecule has 2 fully saturated rings. The number of hydrogen-bond donors (Lipinski definition) is 2. The number of halogens is 5. The van der Waals surface area contributed by atoms with Crippen LogP contribution in [-0.4, -0.2) is 63.1 Å². The zero-order valence-corrected chi connectivity index (χ0v) is 25.1. The van der Waals surface area contributed by atoms with Crippen molar-refractivity contribution < 1.29 is 31.5 Å². The number of carbonyl (C=O) groups excluding carboxylic acids is 2. The number of amides is 2. The molecule has 44 heavy (non-hydrogen) atoms. The van der Waals surface area contributed by atoms with Gasteiger partial charge in [-0.25, -0.2) is 13.8 Å². The zero-order chi connectivity index (χ0) is 31.5. The third-order valence-corrected chi connectivity index (χ3v) is 8.99. The topological polar surface area (TPSA) is 92.2 Å². The van der Waals surface area contributed by atoms with Crippen molar-refractivity contribution in [3.63, 3.8) is 0 Å². The average molecular weight is 639 g/mol. The number of carbonyl (C=O) groups is 2. The van der Waals surface area contributed by atoms with Crippen molar-refractivity contribution in [1.82, 2.24) is 25.0 Å². The Balaban J connectivity index is 1.37. The summed E-state index contributed by atoms with van der Waals surface area (Å²) in [6, 6.07) is 5.77. The first-order valence-corrected chi connectivity index (χ1v) is 15.6. The molecular weight excluding hydrogens is 603 g/mol. The van der Waals surface area contributed by atoms with E-state index in [0.29, 0.717) is 18.1 Å². The van der Waals surface area contributed by atoms with Gasteiger partial charge in [-0.1, -0.05) is 31.0 Å². The smallest absolute Gasteiger partial charge is 0.347 e. The number of aryl methyl sites for hydroxylation is 1. The lowest BCUT2D eigenvalue weighted by atomic mass is 10.0. The van der Waals surface area contributed by atoms with Crippen LogP contribution >= 0.6 is 11.3 Å². The van der Waals surface area contributed by atoms with Crippen LogP contribution in [0.1, 0.15) is 78.3 Å². The van der Waals surface area contributed by atoms with Crippen molar-refractivity contribution in [3.8, 4) is 11.3 Å². The number of piperidine rings is 1. The number of hydrogen-bond acceptors (Lipinski definition) is 6. The Morgan fingerprint density at radius 1 is 1.14 bits per heavy atom. The van der Waals surface area contributed by atoms with Crippen LogP contribution in [0.25, 0.3) is 11.3 Å². The van der Waals surface area contributed by atoms with Gasteiger partial charge in [-0.3, -0.25) is 14.3 Å². The van der Waals surface area contributed by atoms with E-state index >= 15 is 0 Å². The monoisotopic (exact) mass is 638 g/mol. The fourth-order valence-corrected chi connectivity index (χ4v) is 6.50. The number of thiazole rings is 1. The third-order valence-electron chi connectivity index (χ3n) is 8.16. The van der Waals surface area contributed by atoms with E-state index in [1.807, 2.05) is 11.8 Å². The second-order valence-corrected chi connectivity index (χ2v) is 12.8. The highest BCUT2D eigenvalue weighted by Gasteiger charge is 2.36. The third kappa shape index (κ3) is 8.00. The van der Waals surface area contributed by atoms with E-state index in [0.717, 1.165) is 36.6 Å². The summed E-state index contributed by atoms with van der Waals surface area (Å²) >= 11 is 1.30. The molecule has 0 bridgehead atoms. The molecule has 0 spiro atoms. The van der Waals surface area contributed by atoms with Gasteiger partial charge in [-0.2, -0.15) is 18.3 Å². The molecule has 0 radical (unpaired) electrons. The molecule has 3 aromatic rings. The quantitative estimate of drug-likeness (QED) is 0.241. The summed E-state index contributed by atoms with van der Waals surface area (Å²) in [5, 5.41) is 10.5. The fourth-order valence-electron chi connectivity index (χ4n) is 5.82. The number of likely N-dealkylation sites (tertiary alicyclic amines) is 1. The van der Waals surface area contributed by atoms with Crippen LogP contribution in [0.4, 0.5) is 27.1 Å². The summed E-state index contributed by atoms with van der Waals surface area (Å²) in [4.78, 5) is 33.4. The van der Waals surface area contributed by atoms with Crippen molar-refractivity contribution >= 4 is 28.3 Å². The maximum Gasteiger partial charge on any atom is 0.417 e. The molecule has 8 nitrogen and oxygen atoms in total. The number of anilines is 1. The van der Waals surface area contributed by atoms with Gasteiger partial charge in [-0.15, -0.1) is 11.3 Å². The number of nitrogens with one attached hydrogen (secondary N) is 2. The summed E-state index contributed by atoms with van der Waals surface area (Å²) in [5.41, 5.74) is -0.722. The molecule has 1 saturated carbocycles. The first kappa shape index (κ1) is 32.0. The molecule has 1 saturated heterocycles. The Bertz CT molecular complexity index is 1460. The normalized spacial score (nSPS) is 18.3. The number of benzene rings is 1. The molecule has 0 unspecified atom stereocenters. The van der Waals surface area contributed by atoms with Gasteiger partial charge in [0, 0.05) is 61.6 Å². The summed E-state index contributed by atoms with van der Waals surface area (Å²) in [6.45, 7) is 2.63. The van der Waals surface area contributed by atoms with Gasteiger partial charge in [0.05, 0.1) is 17.3 Å². The Kier molecular flexibility index (Phi) is 9.68. The van der Waals surface area contributed by atoms with E-state index in [1.165, 1.54) is 40.3 Å². The van der Waals surface area contributed by atoms with Crippen molar-refractivity contribution in [1.29, 1.82) is 0 Å². The number of alkyl halides is 5. The molecule has 2 amide bonds. The summed E-state index contributed by atoms with van der Waals surface area (Å²) < 4.78 is 70.7. The Morgan fingerprint density at radius 3 is 2.50 bits per heavy atom. The number of nitrogens with zero attached hydrogens (tertiary/aromatic N) is 4. The molecule has 1 aliphatic carbocycles. The first-order valence-electron chi connectivity index (χ1n) is 14.8. The maximum atomic E-state index is 13.9. The minimum absolute atomic E-state index is 0.0533. The Morgan fingerprint density at radius 2 is 1.84 bits per heavy atom. The van der Waals surface area contributed by atoms with E-state index in [2.05, 4.69) is 20.7 Å². The highest BCUT2D eigenvalue weighted by atomic mass is 32.1. The van der Waals surface area contributed by atoms with E-state index in [4.69, 9.17) is 0 Å². The lowest BCUT2D eigenvalue weighted by Gasteiger charge is -2.32. The molecule has 2 aromatic heterocycles. The zero-order valence-electron chi connectivity index (χ0n) is 24.3. The van der Waals surface area contributed by atoms with Crippen molar-refractivity contribution in [2.75, 3.05) is 25.0 Å². The van der Waals surface area contributed by atoms with Gasteiger partial charge in [0.1, 0.15) is 0 Å². The predicted molar refractivity (Wildman–Crippen MR) is 157 cm³/mol. The predicted octanol–water partition coefficient (Wildman–Crippen LogP) is 6.70. The van der Waals surface area contributed by atoms with Crippen LogP contribution < -0.4 is 10.6 Å². The molecule has 3 heterocycles. The highest BCUT2D eigenvalue weighted by molar-refractivity contribution is 7.15. The van der Waals surface area contributed by atoms with Gasteiger partial charge < -0.3 is 15.5 Å².